The van der Waals surface area contributed by atoms with Crippen molar-refractivity contribution in [1.29, 1.82) is 0 Å². The van der Waals surface area contributed by atoms with Gasteiger partial charge < -0.3 is 14.2 Å². The Kier molecular flexibility index (Phi) is 7.62. The molecule has 0 bridgehead atoms. The first-order valence-corrected chi connectivity index (χ1v) is 13.3. The minimum Gasteiger partial charge on any atom is -0.493 e. The molecule has 4 nitrogen and oxygen atoms in total. The van der Waals surface area contributed by atoms with Crippen molar-refractivity contribution in [3.63, 3.8) is 0 Å². The van der Waals surface area contributed by atoms with Crippen molar-refractivity contribution in [3.8, 4) is 22.6 Å². The van der Waals surface area contributed by atoms with Crippen LogP contribution >= 0.6 is 0 Å². The van der Waals surface area contributed by atoms with Crippen molar-refractivity contribution in [2.24, 2.45) is 0 Å². The van der Waals surface area contributed by atoms with Crippen LogP contribution in [0.2, 0.25) is 0 Å². The van der Waals surface area contributed by atoms with Crippen molar-refractivity contribution in [3.05, 3.63) is 106 Å². The molecule has 4 aromatic rings. The lowest BCUT2D eigenvalue weighted by Crippen LogP contribution is -2.08. The minimum absolute atomic E-state index is 0.239. The topological polar surface area (TPSA) is 44.8 Å². The van der Waals surface area contributed by atoms with Gasteiger partial charge >= 0.3 is 0 Å². The predicted octanol–water partition coefficient (Wildman–Crippen LogP) is 7.66. The molecule has 1 aliphatic rings. The van der Waals surface area contributed by atoms with Crippen molar-refractivity contribution in [2.45, 2.75) is 46.1 Å². The third-order valence-electron chi connectivity index (χ3n) is 7.37. The van der Waals surface area contributed by atoms with Crippen LogP contribution in [0, 0.1) is 0 Å². The quantitative estimate of drug-likeness (QED) is 0.164. The van der Waals surface area contributed by atoms with Gasteiger partial charge in [0.2, 0.25) is 0 Å². The Bertz CT molecular complexity index is 1500. The smallest absolute Gasteiger partial charge is 0.151 e. The predicted molar refractivity (Wildman–Crippen MR) is 153 cm³/mol. The summed E-state index contributed by atoms with van der Waals surface area (Å²) >= 11 is 0. The largest absolute Gasteiger partial charge is 0.493 e. The summed E-state index contributed by atoms with van der Waals surface area (Å²) in [6.07, 6.45) is 4.22. The molecule has 0 aromatic heterocycles. The van der Waals surface area contributed by atoms with Crippen LogP contribution in [-0.4, -0.2) is 20.0 Å². The van der Waals surface area contributed by atoms with E-state index in [-0.39, 0.29) is 6.61 Å². The molecule has 0 radical (unpaired) electrons. The molecule has 4 heteroatoms. The molecule has 0 aliphatic carbocycles. The van der Waals surface area contributed by atoms with Gasteiger partial charge in [0.05, 0.1) is 13.2 Å². The monoisotopic (exact) mass is 506 g/mol. The zero-order valence-corrected chi connectivity index (χ0v) is 22.4. The van der Waals surface area contributed by atoms with Gasteiger partial charge in [-0.1, -0.05) is 69.0 Å². The number of ether oxygens (including phenoxy) is 3. The third-order valence-corrected chi connectivity index (χ3v) is 7.37. The Balaban J connectivity index is 1.77. The van der Waals surface area contributed by atoms with Crippen LogP contribution in [0.4, 0.5) is 0 Å². The highest BCUT2D eigenvalue weighted by Crippen LogP contribution is 2.44. The van der Waals surface area contributed by atoms with Gasteiger partial charge in [-0.25, -0.2) is 0 Å². The lowest BCUT2D eigenvalue weighted by molar-refractivity contribution is 0.111. The molecule has 0 saturated carbocycles. The van der Waals surface area contributed by atoms with Crippen molar-refractivity contribution >= 4 is 17.1 Å². The van der Waals surface area contributed by atoms with Crippen LogP contribution in [0.3, 0.4) is 0 Å². The van der Waals surface area contributed by atoms with E-state index in [0.29, 0.717) is 30.1 Å². The fourth-order valence-electron chi connectivity index (χ4n) is 5.49. The van der Waals surface area contributed by atoms with E-state index in [1.54, 1.807) is 7.11 Å². The van der Waals surface area contributed by atoms with E-state index in [0.717, 1.165) is 64.3 Å². The van der Waals surface area contributed by atoms with Crippen LogP contribution in [0.25, 0.3) is 21.9 Å². The summed E-state index contributed by atoms with van der Waals surface area (Å²) in [5, 5.41) is 1.95. The van der Waals surface area contributed by atoms with Crippen molar-refractivity contribution < 1.29 is 19.0 Å². The number of hydrogen-bond donors (Lipinski definition) is 0. The van der Waals surface area contributed by atoms with Crippen molar-refractivity contribution in [2.75, 3.05) is 13.7 Å². The molecule has 0 amide bonds. The zero-order chi connectivity index (χ0) is 26.6. The molecular weight excluding hydrogens is 472 g/mol. The number of benzene rings is 4. The normalized spacial score (nSPS) is 12.3. The molecule has 0 atom stereocenters. The molecule has 0 fully saturated rings. The number of methoxy groups -OCH3 is 1. The molecule has 38 heavy (non-hydrogen) atoms. The second-order valence-electron chi connectivity index (χ2n) is 9.74. The number of carbonyl (C=O) groups is 1. The van der Waals surface area contributed by atoms with E-state index in [1.165, 1.54) is 16.7 Å². The molecule has 0 spiro atoms. The van der Waals surface area contributed by atoms with Gasteiger partial charge in [0.25, 0.3) is 0 Å². The summed E-state index contributed by atoms with van der Waals surface area (Å²) in [7, 11) is 1.64. The standard InChI is InChI=1S/C34H34O4/c1-5-24-17-28-29(18-25(24)6-2)34(38-22(3)16-23-10-8-7-9-11-23)31(21-36-4)30(20-35)33(28)27-13-12-26-14-15-37-32(26)19-27/h7-13,17-20H,3,5-6,14-16,21H2,1-2,4H3. The molecule has 4 aromatic carbocycles. The zero-order valence-electron chi connectivity index (χ0n) is 22.4. The molecule has 0 unspecified atom stereocenters. The van der Waals surface area contributed by atoms with Gasteiger partial charge in [0.1, 0.15) is 17.3 Å². The van der Waals surface area contributed by atoms with Crippen LogP contribution in [0.1, 0.15) is 52.0 Å². The van der Waals surface area contributed by atoms with Crippen LogP contribution in [0.5, 0.6) is 11.5 Å². The number of fused-ring (bicyclic) bond motifs is 2. The van der Waals surface area contributed by atoms with E-state index in [4.69, 9.17) is 14.2 Å². The Morgan fingerprint density at radius 3 is 2.42 bits per heavy atom. The first kappa shape index (κ1) is 25.7. The maximum atomic E-state index is 12.8. The van der Waals surface area contributed by atoms with E-state index in [9.17, 15) is 4.79 Å². The van der Waals surface area contributed by atoms with Gasteiger partial charge in [0.15, 0.2) is 6.29 Å². The van der Waals surface area contributed by atoms with Crippen LogP contribution in [-0.2, 0) is 37.0 Å². The molecule has 5 rings (SSSR count). The number of aryl methyl sites for hydroxylation is 2. The first-order chi connectivity index (χ1) is 18.6. The average molecular weight is 507 g/mol. The average Bonchev–Trinajstić information content (AvgIpc) is 3.41. The van der Waals surface area contributed by atoms with Crippen LogP contribution < -0.4 is 9.47 Å². The van der Waals surface area contributed by atoms with Gasteiger partial charge in [0, 0.05) is 42.0 Å². The number of hydrogen-bond acceptors (Lipinski definition) is 4. The van der Waals surface area contributed by atoms with E-state index >= 15 is 0 Å². The maximum Gasteiger partial charge on any atom is 0.151 e. The highest BCUT2D eigenvalue weighted by Gasteiger charge is 2.24. The molecule has 1 aliphatic heterocycles. The van der Waals surface area contributed by atoms with E-state index in [2.05, 4.69) is 62.9 Å². The van der Waals surface area contributed by atoms with Gasteiger partial charge in [-0.2, -0.15) is 0 Å². The Morgan fingerprint density at radius 2 is 1.74 bits per heavy atom. The summed E-state index contributed by atoms with van der Waals surface area (Å²) in [6.45, 7) is 9.50. The Labute approximate surface area is 224 Å². The second kappa shape index (κ2) is 11.2. The number of rotatable bonds is 10. The fraction of sp³-hybridized carbons (Fsp3) is 0.265. The summed E-state index contributed by atoms with van der Waals surface area (Å²) < 4.78 is 18.1. The molecular formula is C34H34O4. The van der Waals surface area contributed by atoms with Gasteiger partial charge in [-0.3, -0.25) is 4.79 Å². The summed E-state index contributed by atoms with van der Waals surface area (Å²) in [4.78, 5) is 12.8. The molecule has 194 valence electrons. The summed E-state index contributed by atoms with van der Waals surface area (Å²) in [5.74, 6) is 2.14. The summed E-state index contributed by atoms with van der Waals surface area (Å²) in [6, 6.07) is 20.9. The molecule has 0 N–H and O–H groups in total. The van der Waals surface area contributed by atoms with Gasteiger partial charge in [-0.05, 0) is 58.2 Å². The molecule has 0 saturated heterocycles. The number of aldehydes is 1. The highest BCUT2D eigenvalue weighted by atomic mass is 16.5. The first-order valence-electron chi connectivity index (χ1n) is 13.3. The number of carbonyl (C=O) groups excluding carboxylic acids is 1. The lowest BCUT2D eigenvalue weighted by Gasteiger charge is -2.23. The minimum atomic E-state index is 0.239. The highest BCUT2D eigenvalue weighted by molar-refractivity contribution is 6.09. The summed E-state index contributed by atoms with van der Waals surface area (Å²) in [5.41, 5.74) is 7.99. The SMILES string of the molecule is C=C(Cc1ccccc1)Oc1c(COC)c(C=O)c(-c2ccc3c(c2)OCC3)c2cc(CC)c(CC)cc12. The van der Waals surface area contributed by atoms with E-state index < -0.39 is 0 Å². The third kappa shape index (κ3) is 4.84. The Hall–Kier alpha value is -3.89. The van der Waals surface area contributed by atoms with Gasteiger partial charge in [-0.15, -0.1) is 0 Å². The lowest BCUT2D eigenvalue weighted by atomic mass is 9.86. The van der Waals surface area contributed by atoms with Crippen molar-refractivity contribution in [1.82, 2.24) is 0 Å². The molecule has 1 heterocycles. The van der Waals surface area contributed by atoms with Crippen LogP contribution in [0.15, 0.2) is 73.0 Å². The maximum absolute atomic E-state index is 12.8. The second-order valence-corrected chi connectivity index (χ2v) is 9.74. The fourth-order valence-corrected chi connectivity index (χ4v) is 5.49. The number of allylic oxidation sites excluding steroid dienone is 1. The Morgan fingerprint density at radius 1 is 1.00 bits per heavy atom. The van der Waals surface area contributed by atoms with E-state index in [1.807, 2.05) is 18.2 Å².